The number of nitrogens with zero attached hydrogens (tertiary/aromatic N) is 1. The second-order valence-electron chi connectivity index (χ2n) is 6.85. The van der Waals surface area contributed by atoms with Crippen LogP contribution in [0.1, 0.15) is 47.2 Å². The van der Waals surface area contributed by atoms with Crippen LogP contribution in [0.15, 0.2) is 53.4 Å². The van der Waals surface area contributed by atoms with Crippen molar-refractivity contribution in [2.24, 2.45) is 0 Å². The summed E-state index contributed by atoms with van der Waals surface area (Å²) in [5.41, 5.74) is 2.36. The van der Waals surface area contributed by atoms with Crippen LogP contribution in [0.4, 0.5) is 0 Å². The van der Waals surface area contributed by atoms with Crippen molar-refractivity contribution in [3.8, 4) is 0 Å². The molecule has 27 heavy (non-hydrogen) atoms. The molecule has 2 aromatic carbocycles. The Bertz CT molecular complexity index is 883. The molecular weight excluding hydrogens is 362 g/mol. The Morgan fingerprint density at radius 1 is 0.963 bits per heavy atom. The van der Waals surface area contributed by atoms with E-state index in [-0.39, 0.29) is 11.5 Å². The number of esters is 1. The van der Waals surface area contributed by atoms with Gasteiger partial charge in [-0.05, 0) is 55.2 Å². The molecule has 0 aromatic heterocycles. The molecule has 144 valence electrons. The second kappa shape index (κ2) is 8.67. The van der Waals surface area contributed by atoms with Gasteiger partial charge < -0.3 is 4.74 Å². The van der Waals surface area contributed by atoms with Crippen LogP contribution in [0.3, 0.4) is 0 Å². The number of aryl methyl sites for hydroxylation is 1. The first kappa shape index (κ1) is 19.6. The quantitative estimate of drug-likeness (QED) is 0.730. The first-order valence-corrected chi connectivity index (χ1v) is 10.7. The molecule has 0 radical (unpaired) electrons. The number of benzene rings is 2. The van der Waals surface area contributed by atoms with E-state index >= 15 is 0 Å². The third-order valence-electron chi connectivity index (χ3n) is 4.91. The van der Waals surface area contributed by atoms with Gasteiger partial charge in [0.25, 0.3) is 0 Å². The summed E-state index contributed by atoms with van der Waals surface area (Å²) in [5, 5.41) is 0. The van der Waals surface area contributed by atoms with E-state index in [1.807, 2.05) is 31.2 Å². The van der Waals surface area contributed by atoms with Gasteiger partial charge in [0.1, 0.15) is 6.61 Å². The molecule has 1 aliphatic rings. The molecule has 0 saturated carbocycles. The maximum Gasteiger partial charge on any atom is 0.338 e. The van der Waals surface area contributed by atoms with E-state index in [1.165, 1.54) is 24.3 Å². The number of carbonyl (C=O) groups excluding carboxylic acids is 1. The number of sulfonamides is 1. The molecule has 0 N–H and O–H groups in total. The summed E-state index contributed by atoms with van der Waals surface area (Å²) in [6.07, 6.45) is 3.92. The molecule has 0 bridgehead atoms. The SMILES string of the molecule is Cc1ccccc1COC(=O)c1ccc(S(=O)(=O)N2CCCCCC2)cc1. The lowest BCUT2D eigenvalue weighted by Gasteiger charge is -2.20. The molecule has 0 aliphatic carbocycles. The number of ether oxygens (including phenoxy) is 1. The standard InChI is InChI=1S/C21H25NO4S/c1-17-8-4-5-9-19(17)16-26-21(23)18-10-12-20(13-11-18)27(24,25)22-14-6-2-3-7-15-22/h4-5,8-13H,2-3,6-7,14-16H2,1H3. The third-order valence-corrected chi connectivity index (χ3v) is 6.83. The zero-order valence-electron chi connectivity index (χ0n) is 15.6. The molecule has 1 fully saturated rings. The van der Waals surface area contributed by atoms with Gasteiger partial charge in [-0.2, -0.15) is 4.31 Å². The molecule has 2 aromatic rings. The zero-order valence-corrected chi connectivity index (χ0v) is 16.4. The molecule has 3 rings (SSSR count). The van der Waals surface area contributed by atoms with Crippen LogP contribution in [0, 0.1) is 6.92 Å². The van der Waals surface area contributed by atoms with Crippen LogP contribution in [0.25, 0.3) is 0 Å². The summed E-state index contributed by atoms with van der Waals surface area (Å²) in [6, 6.07) is 13.7. The molecule has 6 heteroatoms. The molecule has 0 unspecified atom stereocenters. The highest BCUT2D eigenvalue weighted by atomic mass is 32.2. The second-order valence-corrected chi connectivity index (χ2v) is 8.78. The normalized spacial score (nSPS) is 15.9. The lowest BCUT2D eigenvalue weighted by atomic mass is 10.1. The summed E-state index contributed by atoms with van der Waals surface area (Å²) >= 11 is 0. The van der Waals surface area contributed by atoms with Gasteiger partial charge in [0.05, 0.1) is 10.5 Å². The maximum atomic E-state index is 12.8. The summed E-state index contributed by atoms with van der Waals surface area (Å²) < 4.78 is 32.5. The minimum atomic E-state index is -3.51. The van der Waals surface area contributed by atoms with Crippen molar-refractivity contribution in [1.82, 2.24) is 4.31 Å². The Balaban J connectivity index is 1.67. The number of hydrogen-bond acceptors (Lipinski definition) is 4. The molecule has 1 saturated heterocycles. The van der Waals surface area contributed by atoms with Crippen molar-refractivity contribution in [2.75, 3.05) is 13.1 Å². The minimum absolute atomic E-state index is 0.194. The molecular formula is C21H25NO4S. The van der Waals surface area contributed by atoms with Gasteiger partial charge in [-0.25, -0.2) is 13.2 Å². The highest BCUT2D eigenvalue weighted by molar-refractivity contribution is 7.89. The van der Waals surface area contributed by atoms with Gasteiger partial charge in [0.2, 0.25) is 10.0 Å². The number of rotatable bonds is 5. The Kier molecular flexibility index (Phi) is 6.29. The molecule has 1 aliphatic heterocycles. The highest BCUT2D eigenvalue weighted by Gasteiger charge is 2.25. The summed E-state index contributed by atoms with van der Waals surface area (Å²) in [5.74, 6) is -0.461. The lowest BCUT2D eigenvalue weighted by molar-refractivity contribution is 0.0472. The van der Waals surface area contributed by atoms with Crippen LogP contribution < -0.4 is 0 Å². The fourth-order valence-electron chi connectivity index (χ4n) is 3.19. The fraction of sp³-hybridized carbons (Fsp3) is 0.381. The monoisotopic (exact) mass is 387 g/mol. The lowest BCUT2D eigenvalue weighted by Crippen LogP contribution is -2.31. The van der Waals surface area contributed by atoms with Gasteiger partial charge in [-0.15, -0.1) is 0 Å². The number of carbonyl (C=O) groups is 1. The number of hydrogen-bond donors (Lipinski definition) is 0. The van der Waals surface area contributed by atoms with E-state index in [4.69, 9.17) is 4.74 Å². The zero-order chi connectivity index (χ0) is 19.3. The fourth-order valence-corrected chi connectivity index (χ4v) is 4.71. The summed E-state index contributed by atoms with van der Waals surface area (Å²) in [7, 11) is -3.51. The van der Waals surface area contributed by atoms with Crippen molar-refractivity contribution in [2.45, 2.75) is 44.1 Å². The average Bonchev–Trinajstić information content (AvgIpc) is 2.97. The van der Waals surface area contributed by atoms with Gasteiger partial charge in [-0.1, -0.05) is 37.1 Å². The van der Waals surface area contributed by atoms with Gasteiger partial charge in [-0.3, -0.25) is 0 Å². The first-order valence-electron chi connectivity index (χ1n) is 9.30. The van der Waals surface area contributed by atoms with Crippen LogP contribution in [-0.4, -0.2) is 31.8 Å². The van der Waals surface area contributed by atoms with E-state index in [2.05, 4.69) is 0 Å². The maximum absolute atomic E-state index is 12.8. The molecule has 0 spiro atoms. The van der Waals surface area contributed by atoms with E-state index in [0.717, 1.165) is 36.8 Å². The summed E-state index contributed by atoms with van der Waals surface area (Å²) in [4.78, 5) is 12.5. The van der Waals surface area contributed by atoms with Crippen LogP contribution >= 0.6 is 0 Å². The Morgan fingerprint density at radius 2 is 1.59 bits per heavy atom. The van der Waals surface area contributed by atoms with Crippen LogP contribution in [0.5, 0.6) is 0 Å². The molecule has 0 amide bonds. The predicted molar refractivity (Wildman–Crippen MR) is 104 cm³/mol. The highest BCUT2D eigenvalue weighted by Crippen LogP contribution is 2.21. The van der Waals surface area contributed by atoms with Gasteiger partial charge >= 0.3 is 5.97 Å². The van der Waals surface area contributed by atoms with Crippen LogP contribution in [0.2, 0.25) is 0 Å². The van der Waals surface area contributed by atoms with E-state index in [0.29, 0.717) is 18.7 Å². The third kappa shape index (κ3) is 4.76. The van der Waals surface area contributed by atoms with Crippen molar-refractivity contribution >= 4 is 16.0 Å². The van der Waals surface area contributed by atoms with Crippen molar-refractivity contribution in [1.29, 1.82) is 0 Å². The molecule has 1 heterocycles. The first-order chi connectivity index (χ1) is 13.0. The Labute approximate surface area is 161 Å². The Hall–Kier alpha value is -2.18. The largest absolute Gasteiger partial charge is 0.457 e. The predicted octanol–water partition coefficient (Wildman–Crippen LogP) is 3.92. The topological polar surface area (TPSA) is 63.7 Å². The van der Waals surface area contributed by atoms with Gasteiger partial charge in [0, 0.05) is 13.1 Å². The smallest absolute Gasteiger partial charge is 0.338 e. The van der Waals surface area contributed by atoms with E-state index in [1.54, 1.807) is 4.31 Å². The van der Waals surface area contributed by atoms with Crippen molar-refractivity contribution < 1.29 is 17.9 Å². The van der Waals surface area contributed by atoms with Crippen LogP contribution in [-0.2, 0) is 21.4 Å². The minimum Gasteiger partial charge on any atom is -0.457 e. The average molecular weight is 388 g/mol. The molecule has 5 nitrogen and oxygen atoms in total. The van der Waals surface area contributed by atoms with Crippen molar-refractivity contribution in [3.63, 3.8) is 0 Å². The van der Waals surface area contributed by atoms with Crippen molar-refractivity contribution in [3.05, 3.63) is 65.2 Å². The molecule has 0 atom stereocenters. The van der Waals surface area contributed by atoms with E-state index < -0.39 is 16.0 Å². The Morgan fingerprint density at radius 3 is 2.22 bits per heavy atom. The van der Waals surface area contributed by atoms with Gasteiger partial charge in [0.15, 0.2) is 0 Å². The summed E-state index contributed by atoms with van der Waals surface area (Å²) in [6.45, 7) is 3.27. The van der Waals surface area contributed by atoms with E-state index in [9.17, 15) is 13.2 Å².